The van der Waals surface area contributed by atoms with Gasteiger partial charge in [-0.25, -0.2) is 0 Å². The van der Waals surface area contributed by atoms with E-state index >= 15 is 0 Å². The number of nitrogens with one attached hydrogen (secondary N) is 2. The number of rotatable bonds is 3. The molecule has 1 spiro atoms. The van der Waals surface area contributed by atoms with Gasteiger partial charge in [0.1, 0.15) is 0 Å². The highest BCUT2D eigenvalue weighted by Gasteiger charge is 2.40. The van der Waals surface area contributed by atoms with Gasteiger partial charge in [0.2, 0.25) is 5.91 Å². The largest absolute Gasteiger partial charge is 0.325 e. The molecule has 0 radical (unpaired) electrons. The highest BCUT2D eigenvalue weighted by atomic mass is 127. The number of halogens is 2. The van der Waals surface area contributed by atoms with Gasteiger partial charge in [-0.05, 0) is 84.6 Å². The van der Waals surface area contributed by atoms with Crippen molar-refractivity contribution in [3.63, 3.8) is 0 Å². The van der Waals surface area contributed by atoms with Crippen molar-refractivity contribution in [1.29, 1.82) is 0 Å². The van der Waals surface area contributed by atoms with Crippen LogP contribution in [0.5, 0.6) is 0 Å². The van der Waals surface area contributed by atoms with Crippen molar-refractivity contribution in [2.24, 2.45) is 5.41 Å². The molecule has 0 aliphatic carbocycles. The van der Waals surface area contributed by atoms with Crippen LogP contribution >= 0.6 is 35.0 Å². The van der Waals surface area contributed by atoms with E-state index in [4.69, 9.17) is 0 Å². The van der Waals surface area contributed by atoms with Crippen molar-refractivity contribution < 1.29 is 4.79 Å². The summed E-state index contributed by atoms with van der Waals surface area (Å²) in [5, 5.41) is 6.50. The lowest BCUT2D eigenvalue weighted by Gasteiger charge is -2.22. The maximum atomic E-state index is 12.2. The third kappa shape index (κ3) is 4.13. The van der Waals surface area contributed by atoms with Crippen molar-refractivity contribution in [2.45, 2.75) is 19.8 Å². The molecule has 3 rings (SSSR count). The summed E-state index contributed by atoms with van der Waals surface area (Å²) in [6.07, 6.45) is 2.47. The summed E-state index contributed by atoms with van der Waals surface area (Å²) in [6.45, 7) is 6.88. The molecule has 1 aromatic carbocycles. The topological polar surface area (TPSA) is 44.4 Å². The van der Waals surface area contributed by atoms with E-state index in [0.717, 1.165) is 37.4 Å². The van der Waals surface area contributed by atoms with Crippen LogP contribution in [0.3, 0.4) is 0 Å². The maximum Gasteiger partial charge on any atom is 0.238 e. The Balaban J connectivity index is 0.00000176. The Morgan fingerprint density at radius 3 is 2.95 bits per heavy atom. The van der Waals surface area contributed by atoms with Crippen LogP contribution in [0.1, 0.15) is 18.4 Å². The Kier molecular flexibility index (Phi) is 6.10. The van der Waals surface area contributed by atoms with Crippen molar-refractivity contribution in [1.82, 2.24) is 10.2 Å². The summed E-state index contributed by atoms with van der Waals surface area (Å²) in [7, 11) is 0. The van der Waals surface area contributed by atoms with E-state index in [1.54, 1.807) is 0 Å². The zero-order valence-corrected chi connectivity index (χ0v) is 15.8. The summed E-state index contributed by atoms with van der Waals surface area (Å²) in [4.78, 5) is 14.5. The molecular formula is C16H23ClIN3O. The Morgan fingerprint density at radius 2 is 2.27 bits per heavy atom. The molecule has 0 aromatic heterocycles. The zero-order valence-electron chi connectivity index (χ0n) is 12.8. The fourth-order valence-electron chi connectivity index (χ4n) is 3.47. The van der Waals surface area contributed by atoms with Gasteiger partial charge >= 0.3 is 0 Å². The lowest BCUT2D eigenvalue weighted by atomic mass is 9.87. The molecule has 122 valence electrons. The van der Waals surface area contributed by atoms with Crippen molar-refractivity contribution in [3.05, 3.63) is 27.3 Å². The van der Waals surface area contributed by atoms with Gasteiger partial charge in [0.15, 0.2) is 0 Å². The molecule has 1 aromatic rings. The average Bonchev–Trinajstić information content (AvgIpc) is 3.04. The third-order valence-corrected chi connectivity index (χ3v) is 5.35. The van der Waals surface area contributed by atoms with E-state index in [1.165, 1.54) is 16.4 Å². The van der Waals surface area contributed by atoms with Gasteiger partial charge in [-0.15, -0.1) is 12.4 Å². The predicted molar refractivity (Wildman–Crippen MR) is 101 cm³/mol. The van der Waals surface area contributed by atoms with Crippen LogP contribution in [0.4, 0.5) is 5.69 Å². The second-order valence-corrected chi connectivity index (χ2v) is 7.64. The van der Waals surface area contributed by atoms with E-state index in [0.29, 0.717) is 12.0 Å². The number of carbonyl (C=O) groups is 1. The minimum atomic E-state index is 0. The van der Waals surface area contributed by atoms with Crippen LogP contribution in [-0.2, 0) is 4.79 Å². The molecule has 6 heteroatoms. The summed E-state index contributed by atoms with van der Waals surface area (Å²) in [5.41, 5.74) is 2.48. The Labute approximate surface area is 152 Å². The fourth-order valence-corrected chi connectivity index (χ4v) is 4.11. The smallest absolute Gasteiger partial charge is 0.238 e. The summed E-state index contributed by atoms with van der Waals surface area (Å²) >= 11 is 2.29. The Bertz CT molecular complexity index is 546. The van der Waals surface area contributed by atoms with Gasteiger partial charge in [0.05, 0.1) is 6.54 Å². The zero-order chi connectivity index (χ0) is 14.9. The summed E-state index contributed by atoms with van der Waals surface area (Å²) in [5.74, 6) is 0.0994. The van der Waals surface area contributed by atoms with Gasteiger partial charge in [0.25, 0.3) is 0 Å². The molecule has 1 unspecified atom stereocenters. The standard InChI is InChI=1S/C16H22IN3O.ClH/c1-12-8-13(17)2-3-14(12)19-15(21)9-20-7-5-16(11-20)4-6-18-10-16;/h2-3,8,18H,4-7,9-11H2,1H3,(H,19,21);1H. The van der Waals surface area contributed by atoms with Crippen LogP contribution < -0.4 is 10.6 Å². The number of anilines is 1. The number of hydrogen-bond donors (Lipinski definition) is 2. The van der Waals surface area contributed by atoms with E-state index in [9.17, 15) is 4.79 Å². The highest BCUT2D eigenvalue weighted by molar-refractivity contribution is 14.1. The molecule has 4 nitrogen and oxygen atoms in total. The molecule has 2 fully saturated rings. The molecule has 22 heavy (non-hydrogen) atoms. The lowest BCUT2D eigenvalue weighted by Crippen LogP contribution is -2.34. The number of amides is 1. The van der Waals surface area contributed by atoms with Gasteiger partial charge in [-0.3, -0.25) is 9.69 Å². The van der Waals surface area contributed by atoms with Crippen LogP contribution in [-0.4, -0.2) is 43.5 Å². The maximum absolute atomic E-state index is 12.2. The van der Waals surface area contributed by atoms with E-state index in [-0.39, 0.29) is 18.3 Å². The monoisotopic (exact) mass is 435 g/mol. The third-order valence-electron chi connectivity index (χ3n) is 4.68. The second-order valence-electron chi connectivity index (χ2n) is 6.39. The Hall–Kier alpha value is -0.370. The van der Waals surface area contributed by atoms with Gasteiger partial charge in [-0.1, -0.05) is 0 Å². The van der Waals surface area contributed by atoms with E-state index < -0.39 is 0 Å². The molecule has 0 bridgehead atoms. The van der Waals surface area contributed by atoms with E-state index in [1.807, 2.05) is 19.1 Å². The molecule has 2 aliphatic rings. The molecule has 2 heterocycles. The van der Waals surface area contributed by atoms with Crippen molar-refractivity contribution in [3.8, 4) is 0 Å². The van der Waals surface area contributed by atoms with Gasteiger partial charge < -0.3 is 10.6 Å². The first-order valence-electron chi connectivity index (χ1n) is 7.55. The summed E-state index contributed by atoms with van der Waals surface area (Å²) in [6, 6.07) is 6.10. The number of aryl methyl sites for hydroxylation is 1. The first-order valence-corrected chi connectivity index (χ1v) is 8.63. The van der Waals surface area contributed by atoms with Crippen LogP contribution in [0.15, 0.2) is 18.2 Å². The first-order chi connectivity index (χ1) is 10.1. The molecule has 2 N–H and O–H groups in total. The minimum Gasteiger partial charge on any atom is -0.325 e. The highest BCUT2D eigenvalue weighted by Crippen LogP contribution is 2.35. The number of likely N-dealkylation sites (tertiary alicyclic amines) is 1. The van der Waals surface area contributed by atoms with Crippen molar-refractivity contribution >= 4 is 46.6 Å². The SMILES string of the molecule is Cc1cc(I)ccc1NC(=O)CN1CCC2(CCNC2)C1.Cl. The van der Waals surface area contributed by atoms with Gasteiger partial charge in [0, 0.05) is 22.3 Å². The average molecular weight is 436 g/mol. The number of benzene rings is 1. The summed E-state index contributed by atoms with van der Waals surface area (Å²) < 4.78 is 1.19. The lowest BCUT2D eigenvalue weighted by molar-refractivity contribution is -0.117. The molecule has 0 saturated carbocycles. The van der Waals surface area contributed by atoms with E-state index in [2.05, 4.69) is 44.2 Å². The normalized spacial score (nSPS) is 24.5. The molecule has 2 aliphatic heterocycles. The number of hydrogen-bond acceptors (Lipinski definition) is 3. The quantitative estimate of drug-likeness (QED) is 0.718. The molecule has 2 saturated heterocycles. The van der Waals surface area contributed by atoms with Crippen LogP contribution in [0.2, 0.25) is 0 Å². The van der Waals surface area contributed by atoms with Crippen LogP contribution in [0.25, 0.3) is 0 Å². The van der Waals surface area contributed by atoms with Crippen molar-refractivity contribution in [2.75, 3.05) is 38.0 Å². The molecular weight excluding hydrogens is 413 g/mol. The van der Waals surface area contributed by atoms with Crippen LogP contribution in [0, 0.1) is 15.9 Å². The second kappa shape index (κ2) is 7.47. The number of nitrogens with zero attached hydrogens (tertiary/aromatic N) is 1. The molecule has 1 atom stereocenters. The minimum absolute atomic E-state index is 0. The number of carbonyl (C=O) groups excluding carboxylic acids is 1. The Morgan fingerprint density at radius 1 is 1.45 bits per heavy atom. The van der Waals surface area contributed by atoms with Gasteiger partial charge in [-0.2, -0.15) is 0 Å². The predicted octanol–water partition coefficient (Wildman–Crippen LogP) is 2.65. The first kappa shape index (κ1) is 18.0. The molecule has 1 amide bonds. The fraction of sp³-hybridized carbons (Fsp3) is 0.562.